The first-order valence-corrected chi connectivity index (χ1v) is 8.29. The van der Waals surface area contributed by atoms with E-state index < -0.39 is 0 Å². The Hall–Kier alpha value is -0.940. The summed E-state index contributed by atoms with van der Waals surface area (Å²) < 4.78 is 13.1. The SMILES string of the molecule is CN=C(NCc1nnc2n1CCCC2)N1CCOC(COC)C1.I. The molecule has 0 aromatic carbocycles. The van der Waals surface area contributed by atoms with Crippen LogP contribution in [0.25, 0.3) is 0 Å². The Bertz CT molecular complexity index is 548. The third kappa shape index (κ3) is 4.57. The zero-order valence-electron chi connectivity index (χ0n) is 14.4. The number of methoxy groups -OCH3 is 1. The van der Waals surface area contributed by atoms with Crippen LogP contribution in [0.3, 0.4) is 0 Å². The molecule has 1 N–H and O–H groups in total. The van der Waals surface area contributed by atoms with Crippen molar-refractivity contribution in [2.45, 2.75) is 38.5 Å². The molecule has 1 saturated heterocycles. The molecule has 8 nitrogen and oxygen atoms in total. The fourth-order valence-electron chi connectivity index (χ4n) is 3.19. The predicted octanol–water partition coefficient (Wildman–Crippen LogP) is 0.655. The Morgan fingerprint density at radius 2 is 2.25 bits per heavy atom. The standard InChI is InChI=1S/C15H26N6O2.HI/c1-16-15(20-7-8-23-12(10-20)11-22-2)17-9-14-19-18-13-5-3-4-6-21(13)14;/h12H,3-11H2,1-2H3,(H,16,17);1H. The molecule has 1 aromatic heterocycles. The van der Waals surface area contributed by atoms with Crippen LogP contribution in [0.1, 0.15) is 24.5 Å². The van der Waals surface area contributed by atoms with Crippen LogP contribution in [0.15, 0.2) is 4.99 Å². The van der Waals surface area contributed by atoms with Crippen LogP contribution in [0.5, 0.6) is 0 Å². The molecule has 2 aliphatic rings. The lowest BCUT2D eigenvalue weighted by Gasteiger charge is -2.34. The molecule has 0 saturated carbocycles. The molecule has 3 heterocycles. The van der Waals surface area contributed by atoms with Gasteiger partial charge in [0.15, 0.2) is 11.8 Å². The van der Waals surface area contributed by atoms with E-state index in [-0.39, 0.29) is 30.1 Å². The number of hydrogen-bond acceptors (Lipinski definition) is 5. The second-order valence-corrected chi connectivity index (χ2v) is 5.94. The molecule has 0 radical (unpaired) electrons. The van der Waals surface area contributed by atoms with E-state index in [1.54, 1.807) is 7.11 Å². The third-order valence-electron chi connectivity index (χ3n) is 4.34. The summed E-state index contributed by atoms with van der Waals surface area (Å²) in [6.07, 6.45) is 3.54. The maximum Gasteiger partial charge on any atom is 0.194 e. The number of aromatic nitrogens is 3. The molecule has 2 aliphatic heterocycles. The quantitative estimate of drug-likeness (QED) is 0.413. The van der Waals surface area contributed by atoms with Gasteiger partial charge < -0.3 is 24.3 Å². The Balaban J connectivity index is 0.00000208. The number of nitrogens with zero attached hydrogens (tertiary/aromatic N) is 5. The highest BCUT2D eigenvalue weighted by Gasteiger charge is 2.23. The van der Waals surface area contributed by atoms with Gasteiger partial charge in [0.1, 0.15) is 5.82 Å². The number of aliphatic imine (C=N–C) groups is 1. The maximum absolute atomic E-state index is 5.69. The van der Waals surface area contributed by atoms with Crippen molar-refractivity contribution in [1.82, 2.24) is 25.0 Å². The van der Waals surface area contributed by atoms with E-state index in [0.717, 1.165) is 43.7 Å². The van der Waals surface area contributed by atoms with Crippen LogP contribution < -0.4 is 5.32 Å². The van der Waals surface area contributed by atoms with Crippen molar-refractivity contribution in [3.63, 3.8) is 0 Å². The van der Waals surface area contributed by atoms with Gasteiger partial charge in [0.05, 0.1) is 25.9 Å². The highest BCUT2D eigenvalue weighted by Crippen LogP contribution is 2.14. The fourth-order valence-corrected chi connectivity index (χ4v) is 3.19. The Labute approximate surface area is 160 Å². The number of hydrogen-bond donors (Lipinski definition) is 1. The molecule has 136 valence electrons. The molecule has 1 aromatic rings. The third-order valence-corrected chi connectivity index (χ3v) is 4.34. The van der Waals surface area contributed by atoms with Gasteiger partial charge in [-0.1, -0.05) is 0 Å². The second kappa shape index (κ2) is 9.52. The number of guanidine groups is 1. The predicted molar refractivity (Wildman–Crippen MR) is 102 cm³/mol. The van der Waals surface area contributed by atoms with Gasteiger partial charge in [0.2, 0.25) is 0 Å². The van der Waals surface area contributed by atoms with Gasteiger partial charge >= 0.3 is 0 Å². The first kappa shape index (κ1) is 19.4. The highest BCUT2D eigenvalue weighted by molar-refractivity contribution is 14.0. The zero-order chi connectivity index (χ0) is 16.1. The molecule has 9 heteroatoms. The van der Waals surface area contributed by atoms with E-state index in [1.165, 1.54) is 12.8 Å². The zero-order valence-corrected chi connectivity index (χ0v) is 16.7. The average Bonchev–Trinajstić information content (AvgIpc) is 3.00. The summed E-state index contributed by atoms with van der Waals surface area (Å²) in [5.41, 5.74) is 0. The number of nitrogens with one attached hydrogen (secondary N) is 1. The first-order chi connectivity index (χ1) is 11.3. The van der Waals surface area contributed by atoms with Gasteiger partial charge in [-0.2, -0.15) is 0 Å². The molecule has 1 atom stereocenters. The summed E-state index contributed by atoms with van der Waals surface area (Å²) in [7, 11) is 3.51. The van der Waals surface area contributed by atoms with Gasteiger partial charge in [-0.05, 0) is 12.8 Å². The van der Waals surface area contributed by atoms with Gasteiger partial charge in [-0.25, -0.2) is 0 Å². The number of aryl methyl sites for hydroxylation is 1. The fraction of sp³-hybridized carbons (Fsp3) is 0.800. The molecule has 0 aliphatic carbocycles. The van der Waals surface area contributed by atoms with Gasteiger partial charge in [0.25, 0.3) is 0 Å². The van der Waals surface area contributed by atoms with E-state index in [2.05, 4.69) is 30.0 Å². The van der Waals surface area contributed by atoms with Crippen molar-refractivity contribution in [3.8, 4) is 0 Å². The average molecular weight is 450 g/mol. The molecule has 3 rings (SSSR count). The number of morpholine rings is 1. The van der Waals surface area contributed by atoms with E-state index in [9.17, 15) is 0 Å². The van der Waals surface area contributed by atoms with Crippen molar-refractivity contribution < 1.29 is 9.47 Å². The summed E-state index contributed by atoms with van der Waals surface area (Å²) in [5.74, 6) is 2.97. The molecular formula is C15H27IN6O2. The molecule has 1 unspecified atom stereocenters. The van der Waals surface area contributed by atoms with Crippen LogP contribution in [0.2, 0.25) is 0 Å². The summed E-state index contributed by atoms with van der Waals surface area (Å²) in [6, 6.07) is 0. The monoisotopic (exact) mass is 450 g/mol. The van der Waals surface area contributed by atoms with Crippen molar-refractivity contribution in [2.24, 2.45) is 4.99 Å². The molecule has 0 bridgehead atoms. The van der Waals surface area contributed by atoms with E-state index in [0.29, 0.717) is 19.8 Å². The minimum atomic E-state index is 0. The summed E-state index contributed by atoms with van der Waals surface area (Å²) in [5, 5.41) is 12.0. The molecule has 24 heavy (non-hydrogen) atoms. The van der Waals surface area contributed by atoms with Crippen LogP contribution in [-0.4, -0.2) is 72.2 Å². The van der Waals surface area contributed by atoms with Gasteiger partial charge in [-0.3, -0.25) is 4.99 Å². The number of rotatable bonds is 4. The minimum Gasteiger partial charge on any atom is -0.382 e. The molecule has 0 spiro atoms. The summed E-state index contributed by atoms with van der Waals surface area (Å²) >= 11 is 0. The van der Waals surface area contributed by atoms with Crippen LogP contribution in [0, 0.1) is 0 Å². The molecule has 1 fully saturated rings. The van der Waals surface area contributed by atoms with Crippen molar-refractivity contribution in [3.05, 3.63) is 11.6 Å². The normalized spacial score (nSPS) is 21.2. The lowest BCUT2D eigenvalue weighted by Crippen LogP contribution is -2.51. The first-order valence-electron chi connectivity index (χ1n) is 8.29. The Morgan fingerprint density at radius 1 is 1.38 bits per heavy atom. The van der Waals surface area contributed by atoms with Crippen LogP contribution in [-0.2, 0) is 29.0 Å². The smallest absolute Gasteiger partial charge is 0.194 e. The highest BCUT2D eigenvalue weighted by atomic mass is 127. The lowest BCUT2D eigenvalue weighted by molar-refractivity contribution is -0.0447. The minimum absolute atomic E-state index is 0. The van der Waals surface area contributed by atoms with E-state index in [4.69, 9.17) is 9.47 Å². The second-order valence-electron chi connectivity index (χ2n) is 5.94. The lowest BCUT2D eigenvalue weighted by atomic mass is 10.2. The summed E-state index contributed by atoms with van der Waals surface area (Å²) in [4.78, 5) is 6.60. The van der Waals surface area contributed by atoms with Gasteiger partial charge in [-0.15, -0.1) is 34.2 Å². The Kier molecular flexibility index (Phi) is 7.69. The van der Waals surface area contributed by atoms with Crippen LogP contribution in [0.4, 0.5) is 0 Å². The summed E-state index contributed by atoms with van der Waals surface area (Å²) in [6.45, 7) is 4.57. The van der Waals surface area contributed by atoms with Gasteiger partial charge in [0, 0.05) is 40.2 Å². The molecule has 0 amide bonds. The van der Waals surface area contributed by atoms with E-state index >= 15 is 0 Å². The largest absolute Gasteiger partial charge is 0.382 e. The Morgan fingerprint density at radius 3 is 3.04 bits per heavy atom. The topological polar surface area (TPSA) is 76.8 Å². The number of ether oxygens (including phenoxy) is 2. The van der Waals surface area contributed by atoms with Crippen molar-refractivity contribution in [1.29, 1.82) is 0 Å². The van der Waals surface area contributed by atoms with E-state index in [1.807, 2.05) is 7.05 Å². The van der Waals surface area contributed by atoms with Crippen molar-refractivity contribution in [2.75, 3.05) is 40.5 Å². The molecular weight excluding hydrogens is 423 g/mol. The maximum atomic E-state index is 5.69. The van der Waals surface area contributed by atoms with Crippen molar-refractivity contribution >= 4 is 29.9 Å². The number of fused-ring (bicyclic) bond motifs is 1. The van der Waals surface area contributed by atoms with Crippen LogP contribution >= 0.6 is 24.0 Å². The number of halogens is 1.